The molecule has 0 bridgehead atoms. The fraction of sp³-hybridized carbons (Fsp3) is 0.241. The lowest BCUT2D eigenvalue weighted by Crippen LogP contribution is -2.20. The predicted octanol–water partition coefficient (Wildman–Crippen LogP) is 5.23. The number of fused-ring (bicyclic) bond motifs is 2. The molecule has 0 amide bonds. The van der Waals surface area contributed by atoms with E-state index in [4.69, 9.17) is 4.74 Å². The van der Waals surface area contributed by atoms with Crippen molar-refractivity contribution in [1.82, 2.24) is 30.4 Å². The van der Waals surface area contributed by atoms with Gasteiger partial charge in [-0.2, -0.15) is 5.10 Å². The van der Waals surface area contributed by atoms with Crippen molar-refractivity contribution in [3.8, 4) is 28.3 Å². The molecule has 5 aromatic rings. The van der Waals surface area contributed by atoms with Crippen LogP contribution in [0, 0.1) is 5.82 Å². The van der Waals surface area contributed by atoms with E-state index in [9.17, 15) is 4.39 Å². The van der Waals surface area contributed by atoms with E-state index in [2.05, 4.69) is 43.7 Å². The van der Waals surface area contributed by atoms with Gasteiger partial charge in [-0.25, -0.2) is 4.39 Å². The lowest BCUT2D eigenvalue weighted by molar-refractivity contribution is 0.260. The molecule has 0 atom stereocenters. The van der Waals surface area contributed by atoms with Crippen molar-refractivity contribution in [3.63, 3.8) is 0 Å². The van der Waals surface area contributed by atoms with Crippen LogP contribution >= 0.6 is 0 Å². The molecule has 7 nitrogen and oxygen atoms in total. The molecule has 2 aromatic carbocycles. The van der Waals surface area contributed by atoms with Gasteiger partial charge in [-0.05, 0) is 74.1 Å². The van der Waals surface area contributed by atoms with Crippen LogP contribution < -0.4 is 10.1 Å². The van der Waals surface area contributed by atoms with E-state index in [0.717, 1.165) is 76.1 Å². The van der Waals surface area contributed by atoms with Crippen LogP contribution in [0.15, 0.2) is 60.8 Å². The molecule has 37 heavy (non-hydrogen) atoms. The quantitative estimate of drug-likeness (QED) is 0.288. The number of nitrogens with one attached hydrogen (secondary N) is 3. The van der Waals surface area contributed by atoms with Crippen LogP contribution in [0.5, 0.6) is 5.75 Å². The van der Waals surface area contributed by atoms with Gasteiger partial charge in [-0.15, -0.1) is 0 Å². The van der Waals surface area contributed by atoms with Crippen molar-refractivity contribution < 1.29 is 9.13 Å². The maximum absolute atomic E-state index is 14.6. The first-order valence-corrected chi connectivity index (χ1v) is 12.5. The lowest BCUT2D eigenvalue weighted by Gasteiger charge is -2.13. The van der Waals surface area contributed by atoms with Gasteiger partial charge in [0.1, 0.15) is 23.9 Å². The van der Waals surface area contributed by atoms with E-state index < -0.39 is 0 Å². The van der Waals surface area contributed by atoms with Gasteiger partial charge in [0.2, 0.25) is 0 Å². The van der Waals surface area contributed by atoms with Crippen LogP contribution in [0.2, 0.25) is 0 Å². The van der Waals surface area contributed by atoms with Crippen molar-refractivity contribution in [1.29, 1.82) is 0 Å². The van der Waals surface area contributed by atoms with Crippen LogP contribution in [0.25, 0.3) is 49.9 Å². The maximum atomic E-state index is 14.6. The molecule has 0 spiro atoms. The molecule has 0 saturated carbocycles. The zero-order valence-corrected chi connectivity index (χ0v) is 20.9. The SMILES string of the molecule is CN(C)CCOc1cc(F)cc(-c2cccc3[nH]c(-c4n[nH]c5cnc(C6=CCNCC6)cc45)cc23)c1. The summed E-state index contributed by atoms with van der Waals surface area (Å²) in [4.78, 5) is 10.2. The second kappa shape index (κ2) is 9.80. The normalized spacial score (nSPS) is 14.0. The zero-order chi connectivity index (χ0) is 25.4. The number of ether oxygens (including phenoxy) is 1. The lowest BCUT2D eigenvalue weighted by atomic mass is 10.0. The molecule has 4 heterocycles. The first kappa shape index (κ1) is 23.4. The van der Waals surface area contributed by atoms with Gasteiger partial charge in [-0.1, -0.05) is 18.2 Å². The first-order chi connectivity index (χ1) is 18.0. The molecule has 3 N–H and O–H groups in total. The Morgan fingerprint density at radius 3 is 2.81 bits per heavy atom. The third kappa shape index (κ3) is 4.73. The van der Waals surface area contributed by atoms with Gasteiger partial charge < -0.3 is 19.9 Å². The highest BCUT2D eigenvalue weighted by Gasteiger charge is 2.16. The molecule has 0 aliphatic carbocycles. The number of halogens is 1. The Kier molecular flexibility index (Phi) is 6.20. The largest absolute Gasteiger partial charge is 0.492 e. The Balaban J connectivity index is 1.39. The van der Waals surface area contributed by atoms with Crippen molar-refractivity contribution >= 4 is 27.4 Å². The predicted molar refractivity (Wildman–Crippen MR) is 146 cm³/mol. The molecule has 6 rings (SSSR count). The second-order valence-corrected chi connectivity index (χ2v) is 9.65. The molecule has 1 aliphatic heterocycles. The number of H-pyrrole nitrogens is 2. The number of rotatable bonds is 7. The maximum Gasteiger partial charge on any atom is 0.127 e. The Morgan fingerprint density at radius 1 is 1.05 bits per heavy atom. The average molecular weight is 497 g/mol. The highest BCUT2D eigenvalue weighted by Crippen LogP contribution is 2.36. The van der Waals surface area contributed by atoms with Crippen LogP contribution in [-0.4, -0.2) is 65.4 Å². The number of aromatic amines is 2. The van der Waals surface area contributed by atoms with E-state index in [-0.39, 0.29) is 5.82 Å². The average Bonchev–Trinajstić information content (AvgIpc) is 3.52. The summed E-state index contributed by atoms with van der Waals surface area (Å²) in [6, 6.07) is 15.1. The number of hydrogen-bond acceptors (Lipinski definition) is 5. The smallest absolute Gasteiger partial charge is 0.127 e. The van der Waals surface area contributed by atoms with Crippen LogP contribution in [0.1, 0.15) is 12.1 Å². The van der Waals surface area contributed by atoms with Crippen LogP contribution in [-0.2, 0) is 0 Å². The number of benzene rings is 2. The van der Waals surface area contributed by atoms with Gasteiger partial charge in [0.05, 0.1) is 23.1 Å². The minimum atomic E-state index is -0.323. The van der Waals surface area contributed by atoms with E-state index in [1.54, 1.807) is 6.07 Å². The molecule has 0 unspecified atom stereocenters. The topological polar surface area (TPSA) is 81.9 Å². The Morgan fingerprint density at radius 2 is 1.97 bits per heavy atom. The molecule has 0 fully saturated rings. The van der Waals surface area contributed by atoms with Gasteiger partial charge in [0.25, 0.3) is 0 Å². The highest BCUT2D eigenvalue weighted by molar-refractivity contribution is 6.01. The minimum Gasteiger partial charge on any atom is -0.492 e. The molecule has 188 valence electrons. The zero-order valence-electron chi connectivity index (χ0n) is 20.9. The van der Waals surface area contributed by atoms with Crippen LogP contribution in [0.4, 0.5) is 4.39 Å². The minimum absolute atomic E-state index is 0.323. The van der Waals surface area contributed by atoms with Crippen LogP contribution in [0.3, 0.4) is 0 Å². The van der Waals surface area contributed by atoms with Crippen molar-refractivity contribution in [2.45, 2.75) is 6.42 Å². The van der Waals surface area contributed by atoms with Gasteiger partial charge in [-0.3, -0.25) is 10.1 Å². The van der Waals surface area contributed by atoms with E-state index in [1.807, 2.05) is 49.5 Å². The van der Waals surface area contributed by atoms with Crippen molar-refractivity contribution in [2.75, 3.05) is 40.3 Å². The number of nitrogens with zero attached hydrogens (tertiary/aromatic N) is 3. The summed E-state index contributed by atoms with van der Waals surface area (Å²) in [5.41, 5.74) is 7.50. The second-order valence-electron chi connectivity index (χ2n) is 9.65. The summed E-state index contributed by atoms with van der Waals surface area (Å²) in [5, 5.41) is 13.1. The summed E-state index contributed by atoms with van der Waals surface area (Å²) in [6.45, 7) is 3.06. The molecular weight excluding hydrogens is 467 g/mol. The van der Waals surface area contributed by atoms with Gasteiger partial charge in [0, 0.05) is 35.4 Å². The monoisotopic (exact) mass is 496 g/mol. The third-order valence-electron chi connectivity index (χ3n) is 6.75. The fourth-order valence-electron chi connectivity index (χ4n) is 4.83. The molecular formula is C29H29FN6O. The number of likely N-dealkylation sites (N-methyl/N-ethyl adjacent to an activating group) is 1. The van der Waals surface area contributed by atoms with E-state index >= 15 is 0 Å². The molecule has 0 saturated heterocycles. The molecule has 8 heteroatoms. The Labute approximate surface area is 214 Å². The number of aromatic nitrogens is 4. The van der Waals surface area contributed by atoms with E-state index in [0.29, 0.717) is 12.4 Å². The number of pyridine rings is 1. The summed E-state index contributed by atoms with van der Waals surface area (Å²) in [5.74, 6) is 0.200. The molecule has 0 radical (unpaired) electrons. The van der Waals surface area contributed by atoms with Crippen molar-refractivity contribution in [3.05, 3.63) is 72.3 Å². The summed E-state index contributed by atoms with van der Waals surface area (Å²) in [7, 11) is 3.96. The summed E-state index contributed by atoms with van der Waals surface area (Å²) < 4.78 is 20.4. The standard InChI is InChI=1S/C29H29FN6O/c1-36(2)10-11-37-21-13-19(12-20(30)14-21)22-4-3-5-25-23(22)15-27(33-25)29-24-16-26(18-6-8-31-9-7-18)32-17-28(24)34-35-29/h3-6,12-17,31,33H,7-11H2,1-2H3,(H,34,35). The van der Waals surface area contributed by atoms with Gasteiger partial charge >= 0.3 is 0 Å². The highest BCUT2D eigenvalue weighted by atomic mass is 19.1. The molecule has 3 aromatic heterocycles. The van der Waals surface area contributed by atoms with Gasteiger partial charge in [0.15, 0.2) is 0 Å². The summed E-state index contributed by atoms with van der Waals surface area (Å²) >= 11 is 0. The Hall–Kier alpha value is -4.01. The Bertz CT molecular complexity index is 1620. The van der Waals surface area contributed by atoms with E-state index in [1.165, 1.54) is 11.6 Å². The fourth-order valence-corrected chi connectivity index (χ4v) is 4.83. The molecule has 1 aliphatic rings. The third-order valence-corrected chi connectivity index (χ3v) is 6.75. The number of hydrogen-bond donors (Lipinski definition) is 3. The first-order valence-electron chi connectivity index (χ1n) is 12.5. The van der Waals surface area contributed by atoms with Crippen molar-refractivity contribution in [2.24, 2.45) is 0 Å². The summed E-state index contributed by atoms with van der Waals surface area (Å²) in [6.07, 6.45) is 5.00.